The molecule has 0 unspecified atom stereocenters. The second-order valence-electron chi connectivity index (χ2n) is 8.38. The van der Waals surface area contributed by atoms with Crippen molar-refractivity contribution in [2.75, 3.05) is 19.8 Å². The molecule has 1 aromatic heterocycles. The molecule has 0 saturated carbocycles. The van der Waals surface area contributed by atoms with Crippen molar-refractivity contribution in [3.8, 4) is 0 Å². The van der Waals surface area contributed by atoms with E-state index in [1.807, 2.05) is 13.8 Å². The molecular weight excluding hydrogens is 586 g/mol. The first-order valence-corrected chi connectivity index (χ1v) is 13.3. The molecule has 4 rings (SSSR count). The normalized spacial score (nSPS) is 16.1. The van der Waals surface area contributed by atoms with Crippen LogP contribution in [0.5, 0.6) is 0 Å². The van der Waals surface area contributed by atoms with Crippen molar-refractivity contribution in [2.45, 2.75) is 45.4 Å². The van der Waals surface area contributed by atoms with Crippen LogP contribution >= 0.6 is 8.53 Å². The Bertz CT molecular complexity index is 1260. The van der Waals surface area contributed by atoms with Crippen molar-refractivity contribution in [1.29, 1.82) is 0 Å². The molecule has 8 nitrogen and oxygen atoms in total. The predicted molar refractivity (Wildman–Crippen MR) is 136 cm³/mol. The van der Waals surface area contributed by atoms with Gasteiger partial charge in [-0.15, -0.1) is 0 Å². The molecule has 0 radical (unpaired) electrons. The zero-order valence-electron chi connectivity index (χ0n) is 21.9. The first kappa shape index (κ1) is 34.4. The lowest BCUT2D eigenvalue weighted by Crippen LogP contribution is -2.39. The molecule has 2 aromatic carbocycles. The predicted octanol–water partition coefficient (Wildman–Crippen LogP) is 5.19. The Balaban J connectivity index is 0.000000288. The fourth-order valence-corrected chi connectivity index (χ4v) is 4.25. The highest BCUT2D eigenvalue weighted by molar-refractivity contribution is 7.43. The Hall–Kier alpha value is -2.81. The van der Waals surface area contributed by atoms with Crippen LogP contribution < -0.4 is 5.69 Å². The molecule has 41 heavy (non-hydrogen) atoms. The number of aromatic nitrogens is 2. The first-order chi connectivity index (χ1) is 19.2. The third kappa shape index (κ3) is 9.90. The first-order valence-electron chi connectivity index (χ1n) is 12.1. The minimum absolute atomic E-state index is 0.0131. The highest BCUT2D eigenvalue weighted by Gasteiger charge is 2.36. The highest BCUT2D eigenvalue weighted by atomic mass is 31.2. The Morgan fingerprint density at radius 1 is 1.00 bits per heavy atom. The average molecular weight is 615 g/mol. The van der Waals surface area contributed by atoms with Crippen LogP contribution in [-0.2, 0) is 30.2 Å². The van der Waals surface area contributed by atoms with Crippen LogP contribution in [0.4, 0.5) is 30.7 Å². The van der Waals surface area contributed by atoms with E-state index < -0.39 is 49.9 Å². The number of rotatable bonds is 5. The van der Waals surface area contributed by atoms with Crippen LogP contribution in [0.3, 0.4) is 0 Å². The van der Waals surface area contributed by atoms with Gasteiger partial charge >= 0.3 is 18.0 Å². The van der Waals surface area contributed by atoms with Crippen molar-refractivity contribution in [3.63, 3.8) is 0 Å². The molecule has 228 valence electrons. The summed E-state index contributed by atoms with van der Waals surface area (Å²) in [5.41, 5.74) is -2.32. The van der Waals surface area contributed by atoms with E-state index in [9.17, 15) is 45.3 Å². The maximum absolute atomic E-state index is 13.1. The summed E-state index contributed by atoms with van der Waals surface area (Å²) >= 11 is 0. The molecule has 16 heteroatoms. The fourth-order valence-electron chi connectivity index (χ4n) is 3.80. The van der Waals surface area contributed by atoms with Crippen LogP contribution in [0.15, 0.2) is 53.5 Å². The van der Waals surface area contributed by atoms with Crippen molar-refractivity contribution >= 4 is 8.53 Å². The van der Waals surface area contributed by atoms with Crippen molar-refractivity contribution in [2.24, 2.45) is 0 Å². The summed E-state index contributed by atoms with van der Waals surface area (Å²) in [5, 5.41) is 8.58. The van der Waals surface area contributed by atoms with E-state index >= 15 is 0 Å². The maximum atomic E-state index is 13.1. The number of nitrogens with one attached hydrogen (secondary N) is 1. The summed E-state index contributed by atoms with van der Waals surface area (Å²) in [6.07, 6.45) is -8.33. The smallest absolute Gasteiger partial charge is 0.392 e. The number of benzene rings is 2. The number of aliphatic hydroxyl groups is 1. The number of imidazole rings is 1. The number of aliphatic hydroxyl groups excluding tert-OH is 1. The second-order valence-corrected chi connectivity index (χ2v) is 9.35. The van der Waals surface area contributed by atoms with Crippen molar-refractivity contribution in [1.82, 2.24) is 14.2 Å². The Kier molecular flexibility index (Phi) is 12.5. The Labute approximate surface area is 231 Å². The van der Waals surface area contributed by atoms with Gasteiger partial charge in [-0.2, -0.15) is 26.3 Å². The molecule has 4 N–H and O–H groups in total. The lowest BCUT2D eigenvalue weighted by Gasteiger charge is -2.35. The third-order valence-corrected chi connectivity index (χ3v) is 6.33. The van der Waals surface area contributed by atoms with Gasteiger partial charge in [0.2, 0.25) is 0 Å². The molecule has 1 aliphatic rings. The minimum Gasteiger partial charge on any atom is -0.392 e. The summed E-state index contributed by atoms with van der Waals surface area (Å²) in [7, 11) is -2.49. The van der Waals surface area contributed by atoms with Gasteiger partial charge in [0.15, 0.2) is 0 Å². The SMILES string of the molecule is CC.O=c1[nH]c(CN2CCOC[C@@H]2c2ccc(F)cc2)cn1P(O)O.OCc1cc(C(F)(F)F)cc(C(F)(F)F)c1. The van der Waals surface area contributed by atoms with E-state index in [2.05, 4.69) is 9.88 Å². The second kappa shape index (κ2) is 14.9. The number of nitrogens with zero attached hydrogens (tertiary/aromatic N) is 2. The number of H-pyrrole nitrogens is 1. The zero-order chi connectivity index (χ0) is 31.0. The van der Waals surface area contributed by atoms with Gasteiger partial charge in [-0.25, -0.2) is 13.5 Å². The molecule has 1 atom stereocenters. The fraction of sp³-hybridized carbons (Fsp3) is 0.400. The molecule has 3 aromatic rings. The summed E-state index contributed by atoms with van der Waals surface area (Å²) in [4.78, 5) is 34.7. The number of halogens is 7. The summed E-state index contributed by atoms with van der Waals surface area (Å²) < 4.78 is 92.8. The number of hydrogen-bond donors (Lipinski definition) is 4. The number of aromatic amines is 1. The van der Waals surface area contributed by atoms with E-state index in [-0.39, 0.29) is 17.9 Å². The van der Waals surface area contributed by atoms with Gasteiger partial charge in [0, 0.05) is 19.3 Å². The molecule has 0 spiro atoms. The quantitative estimate of drug-likeness (QED) is 0.232. The summed E-state index contributed by atoms with van der Waals surface area (Å²) in [6.45, 7) is 5.24. The van der Waals surface area contributed by atoms with Gasteiger partial charge < -0.3 is 24.6 Å². The molecule has 1 aliphatic heterocycles. The molecule has 1 saturated heterocycles. The van der Waals surface area contributed by atoms with Crippen LogP contribution in [0, 0.1) is 5.82 Å². The number of alkyl halides is 6. The molecule has 2 heterocycles. The van der Waals surface area contributed by atoms with E-state index in [1.165, 1.54) is 18.3 Å². The monoisotopic (exact) mass is 615 g/mol. The van der Waals surface area contributed by atoms with E-state index in [0.29, 0.717) is 44.1 Å². The summed E-state index contributed by atoms with van der Waals surface area (Å²) in [5.74, 6) is -0.294. The largest absolute Gasteiger partial charge is 0.416 e. The molecule has 1 fully saturated rings. The Morgan fingerprint density at radius 2 is 1.56 bits per heavy atom. The molecule has 0 aliphatic carbocycles. The van der Waals surface area contributed by atoms with E-state index in [0.717, 1.165) is 9.90 Å². The van der Waals surface area contributed by atoms with Gasteiger partial charge in [-0.3, -0.25) is 4.90 Å². The Morgan fingerprint density at radius 3 is 2.02 bits per heavy atom. The van der Waals surface area contributed by atoms with E-state index in [1.54, 1.807) is 12.1 Å². The van der Waals surface area contributed by atoms with Gasteiger partial charge in [-0.1, -0.05) is 26.0 Å². The van der Waals surface area contributed by atoms with Gasteiger partial charge in [0.1, 0.15) is 5.82 Å². The van der Waals surface area contributed by atoms with Gasteiger partial charge in [0.05, 0.1) is 42.7 Å². The van der Waals surface area contributed by atoms with Crippen LogP contribution in [0.2, 0.25) is 0 Å². The summed E-state index contributed by atoms with van der Waals surface area (Å²) in [6, 6.07) is 7.17. The van der Waals surface area contributed by atoms with Crippen LogP contribution in [-0.4, -0.2) is 48.9 Å². The van der Waals surface area contributed by atoms with E-state index in [4.69, 9.17) is 9.84 Å². The topological polar surface area (TPSA) is 111 Å². The van der Waals surface area contributed by atoms with Crippen LogP contribution in [0.1, 0.15) is 47.8 Å². The number of morpholine rings is 1. The van der Waals surface area contributed by atoms with Crippen molar-refractivity contribution < 1.29 is 50.4 Å². The minimum atomic E-state index is -4.87. The standard InChI is InChI=1S/C14H17FN3O4P.C9H6F6O.C2H6/c15-11-3-1-10(2-4-11)13-9-22-6-5-17(13)7-12-8-18(23(20)21)14(19)16-12;10-8(11,12)6-1-5(4-16)2-7(3-6)9(13,14)15;1-2/h1-4,8,13,20-21H,5-7,9H2,(H,16,19);1-3,16H,4H2;1-2H3/t13-;;/m1../s1. The highest BCUT2D eigenvalue weighted by Crippen LogP contribution is 2.36. The third-order valence-electron chi connectivity index (χ3n) is 5.64. The molecule has 0 amide bonds. The lowest BCUT2D eigenvalue weighted by atomic mass is 10.0. The van der Waals surface area contributed by atoms with Gasteiger partial charge in [0.25, 0.3) is 8.53 Å². The lowest BCUT2D eigenvalue weighted by molar-refractivity contribution is -0.143. The number of hydrogen-bond acceptors (Lipinski definition) is 6. The number of ether oxygens (including phenoxy) is 1. The van der Waals surface area contributed by atoms with Crippen molar-refractivity contribution in [3.05, 3.63) is 92.9 Å². The molecule has 0 bridgehead atoms. The van der Waals surface area contributed by atoms with Crippen LogP contribution in [0.25, 0.3) is 0 Å². The maximum Gasteiger partial charge on any atom is 0.416 e. The van der Waals surface area contributed by atoms with Gasteiger partial charge in [-0.05, 0) is 41.5 Å². The zero-order valence-corrected chi connectivity index (χ0v) is 22.8. The molecular formula is C25H29F7N3O5P. The average Bonchev–Trinajstić information content (AvgIpc) is 3.30.